The Morgan fingerprint density at radius 1 is 0.585 bits per heavy atom. The Bertz CT molecular complexity index is 579. The molecule has 0 aromatic carbocycles. The van der Waals surface area contributed by atoms with Crippen molar-refractivity contribution in [2.45, 2.75) is 175 Å². The van der Waals surface area contributed by atoms with Crippen LogP contribution in [0.1, 0.15) is 163 Å². The maximum Gasteiger partial charge on any atom is 0.407 e. The molecule has 0 aromatic heterocycles. The number of hydrogen-bond donors (Lipinski definition) is 3. The van der Waals surface area contributed by atoms with Crippen molar-refractivity contribution in [1.82, 2.24) is 16.0 Å². The van der Waals surface area contributed by atoms with Gasteiger partial charge in [0, 0.05) is 32.6 Å². The number of ether oxygens (including phenoxy) is 2. The van der Waals surface area contributed by atoms with Gasteiger partial charge in [0.15, 0.2) is 0 Å². The smallest absolute Gasteiger partial charge is 0.407 e. The molecule has 0 radical (unpaired) electrons. The van der Waals surface area contributed by atoms with E-state index in [-0.39, 0.29) is 18.2 Å². The third kappa shape index (κ3) is 31.4. The van der Waals surface area contributed by atoms with Crippen LogP contribution < -0.4 is 16.0 Å². The van der Waals surface area contributed by atoms with Crippen LogP contribution in [0.5, 0.6) is 0 Å². The SMILES string of the molecule is CCCCCCCCC(CCCCCCCC)OC(=O)CCCCCCCNCCNCCNC(=O)OC(C)(C)C. The molecule has 0 saturated heterocycles. The van der Waals surface area contributed by atoms with E-state index in [1.807, 2.05) is 20.8 Å². The van der Waals surface area contributed by atoms with Gasteiger partial charge < -0.3 is 25.4 Å². The summed E-state index contributed by atoms with van der Waals surface area (Å²) in [5.41, 5.74) is -0.462. The number of nitrogens with one attached hydrogen (secondary N) is 3. The molecule has 0 saturated carbocycles. The lowest BCUT2D eigenvalue weighted by atomic mass is 10.0. The minimum absolute atomic E-state index is 0.0161. The van der Waals surface area contributed by atoms with Gasteiger partial charge in [0.1, 0.15) is 11.7 Å². The van der Waals surface area contributed by atoms with Gasteiger partial charge >= 0.3 is 12.1 Å². The van der Waals surface area contributed by atoms with Gasteiger partial charge in [-0.15, -0.1) is 0 Å². The van der Waals surface area contributed by atoms with Crippen molar-refractivity contribution in [2.75, 3.05) is 32.7 Å². The molecule has 0 aliphatic carbocycles. The Morgan fingerprint density at radius 3 is 1.61 bits per heavy atom. The minimum atomic E-state index is -0.462. The summed E-state index contributed by atoms with van der Waals surface area (Å²) in [4.78, 5) is 24.1. The van der Waals surface area contributed by atoms with Crippen LogP contribution in [0.25, 0.3) is 0 Å². The van der Waals surface area contributed by atoms with Gasteiger partial charge in [0.05, 0.1) is 0 Å². The van der Waals surface area contributed by atoms with E-state index in [1.54, 1.807) is 0 Å². The molecule has 0 rings (SSSR count). The number of unbranched alkanes of at least 4 members (excludes halogenated alkanes) is 14. The van der Waals surface area contributed by atoms with Crippen LogP contribution in [0, 0.1) is 0 Å². The zero-order valence-electron chi connectivity index (χ0n) is 27.9. The normalized spacial score (nSPS) is 11.7. The van der Waals surface area contributed by atoms with Crippen molar-refractivity contribution < 1.29 is 19.1 Å². The average molecular weight is 584 g/mol. The highest BCUT2D eigenvalue weighted by Crippen LogP contribution is 2.18. The largest absolute Gasteiger partial charge is 0.462 e. The van der Waals surface area contributed by atoms with Gasteiger partial charge in [-0.25, -0.2) is 4.79 Å². The van der Waals surface area contributed by atoms with E-state index in [9.17, 15) is 9.59 Å². The highest BCUT2D eigenvalue weighted by atomic mass is 16.6. The number of amides is 1. The van der Waals surface area contributed by atoms with Crippen LogP contribution >= 0.6 is 0 Å². The summed E-state index contributed by atoms with van der Waals surface area (Å²) in [6.45, 7) is 14.2. The molecule has 1 amide bonds. The van der Waals surface area contributed by atoms with E-state index in [2.05, 4.69) is 29.8 Å². The maximum atomic E-state index is 12.5. The fraction of sp³-hybridized carbons (Fsp3) is 0.941. The molecule has 41 heavy (non-hydrogen) atoms. The van der Waals surface area contributed by atoms with Crippen LogP contribution in [-0.4, -0.2) is 56.5 Å². The summed E-state index contributed by atoms with van der Waals surface area (Å²) >= 11 is 0. The number of alkyl carbamates (subject to hydrolysis) is 1. The molecule has 0 heterocycles. The second-order valence-electron chi connectivity index (χ2n) is 12.7. The fourth-order valence-electron chi connectivity index (χ4n) is 4.86. The van der Waals surface area contributed by atoms with Crippen molar-refractivity contribution in [3.05, 3.63) is 0 Å². The van der Waals surface area contributed by atoms with Crippen molar-refractivity contribution >= 4 is 12.1 Å². The molecule has 244 valence electrons. The predicted molar refractivity (Wildman–Crippen MR) is 174 cm³/mol. The van der Waals surface area contributed by atoms with Gasteiger partial charge in [0.2, 0.25) is 0 Å². The summed E-state index contributed by atoms with van der Waals surface area (Å²) in [7, 11) is 0. The van der Waals surface area contributed by atoms with Gasteiger partial charge in [-0.2, -0.15) is 0 Å². The molecular formula is C34H69N3O4. The Kier molecular flexibility index (Phi) is 27.8. The summed E-state index contributed by atoms with van der Waals surface area (Å²) < 4.78 is 11.2. The molecule has 0 spiro atoms. The van der Waals surface area contributed by atoms with E-state index in [0.29, 0.717) is 13.0 Å². The van der Waals surface area contributed by atoms with Crippen LogP contribution in [0.4, 0.5) is 4.79 Å². The molecule has 3 N–H and O–H groups in total. The number of carbonyl (C=O) groups excluding carboxylic acids is 2. The molecule has 7 heteroatoms. The number of esters is 1. The van der Waals surface area contributed by atoms with Crippen LogP contribution in [0.2, 0.25) is 0 Å². The Labute approximate surface area is 254 Å². The first-order valence-corrected chi connectivity index (χ1v) is 17.4. The number of rotatable bonds is 29. The molecule has 7 nitrogen and oxygen atoms in total. The van der Waals surface area contributed by atoms with Gasteiger partial charge in [-0.05, 0) is 65.8 Å². The Balaban J connectivity index is 3.77. The quantitative estimate of drug-likeness (QED) is 0.0605. The predicted octanol–water partition coefficient (Wildman–Crippen LogP) is 8.44. The summed E-state index contributed by atoms with van der Waals surface area (Å²) in [6.07, 6.45) is 23.4. The molecule has 0 atom stereocenters. The lowest BCUT2D eigenvalue weighted by molar-refractivity contribution is -0.150. The lowest BCUT2D eigenvalue weighted by Gasteiger charge is -2.19. The van der Waals surface area contributed by atoms with E-state index >= 15 is 0 Å². The zero-order valence-corrected chi connectivity index (χ0v) is 27.9. The molecule has 0 aliphatic heterocycles. The fourth-order valence-corrected chi connectivity index (χ4v) is 4.86. The van der Waals surface area contributed by atoms with E-state index in [1.165, 1.54) is 89.9 Å². The minimum Gasteiger partial charge on any atom is -0.462 e. The monoisotopic (exact) mass is 584 g/mol. The van der Waals surface area contributed by atoms with Crippen LogP contribution in [0.3, 0.4) is 0 Å². The van der Waals surface area contributed by atoms with Gasteiger partial charge in [-0.3, -0.25) is 4.79 Å². The summed E-state index contributed by atoms with van der Waals surface area (Å²) in [6, 6.07) is 0. The summed E-state index contributed by atoms with van der Waals surface area (Å²) in [5, 5.41) is 9.52. The topological polar surface area (TPSA) is 88.7 Å². The number of carbonyl (C=O) groups is 2. The van der Waals surface area contributed by atoms with Gasteiger partial charge in [0.25, 0.3) is 0 Å². The number of hydrogen-bond acceptors (Lipinski definition) is 6. The first kappa shape index (κ1) is 39.7. The first-order valence-electron chi connectivity index (χ1n) is 17.4. The molecular weight excluding hydrogens is 514 g/mol. The Hall–Kier alpha value is -1.34. The van der Waals surface area contributed by atoms with Crippen molar-refractivity contribution in [3.63, 3.8) is 0 Å². The van der Waals surface area contributed by atoms with E-state index < -0.39 is 5.60 Å². The van der Waals surface area contributed by atoms with Gasteiger partial charge in [-0.1, -0.05) is 97.3 Å². The molecule has 0 fully saturated rings. The van der Waals surface area contributed by atoms with Crippen LogP contribution in [0.15, 0.2) is 0 Å². The Morgan fingerprint density at radius 2 is 1.05 bits per heavy atom. The van der Waals surface area contributed by atoms with Crippen molar-refractivity contribution in [3.8, 4) is 0 Å². The third-order valence-electron chi connectivity index (χ3n) is 7.24. The first-order chi connectivity index (χ1) is 19.8. The molecule has 0 bridgehead atoms. The molecule has 0 aliphatic rings. The van der Waals surface area contributed by atoms with E-state index in [0.717, 1.165) is 58.3 Å². The molecule has 0 aromatic rings. The highest BCUT2D eigenvalue weighted by Gasteiger charge is 2.15. The molecule has 0 unspecified atom stereocenters. The van der Waals surface area contributed by atoms with Crippen molar-refractivity contribution in [1.29, 1.82) is 0 Å². The lowest BCUT2D eigenvalue weighted by Crippen LogP contribution is -2.37. The van der Waals surface area contributed by atoms with Crippen molar-refractivity contribution in [2.24, 2.45) is 0 Å². The highest BCUT2D eigenvalue weighted by molar-refractivity contribution is 5.69. The standard InChI is InChI=1S/C34H69N3O4/c1-6-8-10-12-15-19-23-31(24-20-16-13-11-9-7-2)40-32(38)25-21-17-14-18-22-26-35-27-28-36-29-30-37-33(39)41-34(3,4)5/h31,35-36H,6-30H2,1-5H3,(H,37,39). The van der Waals surface area contributed by atoms with Crippen LogP contribution in [-0.2, 0) is 14.3 Å². The second kappa shape index (κ2) is 28.8. The summed E-state index contributed by atoms with van der Waals surface area (Å²) in [5.74, 6) is 0.0161. The van der Waals surface area contributed by atoms with E-state index in [4.69, 9.17) is 9.47 Å². The second-order valence-corrected chi connectivity index (χ2v) is 12.7. The third-order valence-corrected chi connectivity index (χ3v) is 7.24. The maximum absolute atomic E-state index is 12.5. The zero-order chi connectivity index (χ0) is 30.4. The average Bonchev–Trinajstić information content (AvgIpc) is 2.91.